The average molecular weight is 331 g/mol. The molecule has 0 bridgehead atoms. The predicted molar refractivity (Wildman–Crippen MR) is 99.3 cm³/mol. The molecule has 0 heterocycles. The molecular weight excluding hydrogens is 310 g/mol. The first-order valence-electron chi connectivity index (χ1n) is 8.72. The minimum absolute atomic E-state index is 0.146. The highest BCUT2D eigenvalue weighted by Gasteiger charge is 2.45. The van der Waals surface area contributed by atoms with Crippen molar-refractivity contribution in [3.8, 4) is 0 Å². The zero-order valence-corrected chi connectivity index (χ0v) is 14.0. The molecule has 1 atom stereocenters. The van der Waals surface area contributed by atoms with Crippen LogP contribution < -0.4 is 5.32 Å². The Morgan fingerprint density at radius 3 is 2.40 bits per heavy atom. The number of carbonyl (C=O) groups excluding carboxylic acids is 1. The summed E-state index contributed by atoms with van der Waals surface area (Å²) in [6.45, 7) is 0.226. The standard InChI is InChI=1S/C22H21NO2/c24-21(20-12-6-8-16-7-4-5-11-19(16)20)23-15-22(25,18-13-14-18)17-9-2-1-3-10-17/h1-12,18,25H,13-15H2,(H,23,24). The van der Waals surface area contributed by atoms with Gasteiger partial charge >= 0.3 is 0 Å². The van der Waals surface area contributed by atoms with Gasteiger partial charge in [0, 0.05) is 5.56 Å². The van der Waals surface area contributed by atoms with Crippen LogP contribution in [0.5, 0.6) is 0 Å². The summed E-state index contributed by atoms with van der Waals surface area (Å²) in [4.78, 5) is 12.8. The van der Waals surface area contributed by atoms with Crippen LogP contribution in [0.3, 0.4) is 0 Å². The summed E-state index contributed by atoms with van der Waals surface area (Å²) in [6.07, 6.45) is 1.99. The Hall–Kier alpha value is -2.65. The lowest BCUT2D eigenvalue weighted by molar-refractivity contribution is 0.0135. The van der Waals surface area contributed by atoms with E-state index < -0.39 is 5.60 Å². The van der Waals surface area contributed by atoms with Crippen molar-refractivity contribution in [2.24, 2.45) is 5.92 Å². The fraction of sp³-hybridized carbons (Fsp3) is 0.227. The maximum absolute atomic E-state index is 12.8. The van der Waals surface area contributed by atoms with Crippen molar-refractivity contribution >= 4 is 16.7 Å². The number of rotatable bonds is 5. The topological polar surface area (TPSA) is 49.3 Å². The second-order valence-corrected chi connectivity index (χ2v) is 6.77. The number of carbonyl (C=O) groups is 1. The summed E-state index contributed by atoms with van der Waals surface area (Å²) in [7, 11) is 0. The first-order valence-corrected chi connectivity index (χ1v) is 8.72. The van der Waals surface area contributed by atoms with Gasteiger partial charge in [-0.25, -0.2) is 0 Å². The van der Waals surface area contributed by atoms with Crippen LogP contribution in [-0.2, 0) is 5.60 Å². The minimum Gasteiger partial charge on any atom is -0.383 e. The normalized spacial score (nSPS) is 16.4. The Kier molecular flexibility index (Phi) is 4.02. The highest BCUT2D eigenvalue weighted by Crippen LogP contribution is 2.45. The number of hydrogen-bond donors (Lipinski definition) is 2. The molecule has 1 aliphatic rings. The Morgan fingerprint density at radius 2 is 1.64 bits per heavy atom. The number of fused-ring (bicyclic) bond motifs is 1. The lowest BCUT2D eigenvalue weighted by Gasteiger charge is -2.29. The lowest BCUT2D eigenvalue weighted by Crippen LogP contribution is -2.42. The van der Waals surface area contributed by atoms with Crippen molar-refractivity contribution < 1.29 is 9.90 Å². The molecule has 4 rings (SSSR count). The number of nitrogens with one attached hydrogen (secondary N) is 1. The van der Waals surface area contributed by atoms with Gasteiger partial charge in [0.25, 0.3) is 5.91 Å². The van der Waals surface area contributed by atoms with Gasteiger partial charge < -0.3 is 10.4 Å². The lowest BCUT2D eigenvalue weighted by atomic mass is 9.88. The third kappa shape index (κ3) is 3.03. The summed E-state index contributed by atoms with van der Waals surface area (Å²) in [5, 5.41) is 16.1. The highest BCUT2D eigenvalue weighted by atomic mass is 16.3. The van der Waals surface area contributed by atoms with Crippen LogP contribution in [0.2, 0.25) is 0 Å². The molecule has 1 aliphatic carbocycles. The van der Waals surface area contributed by atoms with E-state index in [1.165, 1.54) is 0 Å². The minimum atomic E-state index is -0.999. The van der Waals surface area contributed by atoms with Crippen molar-refractivity contribution in [1.29, 1.82) is 0 Å². The number of benzene rings is 3. The number of hydrogen-bond acceptors (Lipinski definition) is 2. The van der Waals surface area contributed by atoms with Gasteiger partial charge in [-0.15, -0.1) is 0 Å². The van der Waals surface area contributed by atoms with E-state index in [0.29, 0.717) is 5.56 Å². The summed E-state index contributed by atoms with van der Waals surface area (Å²) in [6, 6.07) is 23.2. The van der Waals surface area contributed by atoms with Gasteiger partial charge in [0.15, 0.2) is 0 Å². The second kappa shape index (κ2) is 6.34. The van der Waals surface area contributed by atoms with Gasteiger partial charge in [0.1, 0.15) is 5.60 Å². The Labute approximate surface area is 147 Å². The van der Waals surface area contributed by atoms with Crippen molar-refractivity contribution in [2.45, 2.75) is 18.4 Å². The van der Waals surface area contributed by atoms with Gasteiger partial charge in [-0.2, -0.15) is 0 Å². The van der Waals surface area contributed by atoms with Crippen LogP contribution >= 0.6 is 0 Å². The zero-order valence-electron chi connectivity index (χ0n) is 14.0. The first kappa shape index (κ1) is 15.9. The van der Waals surface area contributed by atoms with E-state index in [1.54, 1.807) is 0 Å². The molecule has 3 heteroatoms. The van der Waals surface area contributed by atoms with E-state index in [9.17, 15) is 9.90 Å². The maximum atomic E-state index is 12.8. The van der Waals surface area contributed by atoms with Crippen LogP contribution in [0, 0.1) is 5.92 Å². The molecular formula is C22H21NO2. The van der Waals surface area contributed by atoms with Crippen molar-refractivity contribution in [3.05, 3.63) is 83.9 Å². The molecule has 0 spiro atoms. The summed E-state index contributed by atoms with van der Waals surface area (Å²) < 4.78 is 0. The van der Waals surface area contributed by atoms with Crippen LogP contribution in [-0.4, -0.2) is 17.6 Å². The SMILES string of the molecule is O=C(NCC(O)(c1ccccc1)C1CC1)c1cccc2ccccc12. The number of amides is 1. The molecule has 0 saturated heterocycles. The van der Waals surface area contributed by atoms with Gasteiger partial charge in [-0.1, -0.05) is 66.7 Å². The van der Waals surface area contributed by atoms with Crippen molar-refractivity contribution in [1.82, 2.24) is 5.32 Å². The molecule has 2 N–H and O–H groups in total. The second-order valence-electron chi connectivity index (χ2n) is 6.77. The molecule has 1 saturated carbocycles. The number of aliphatic hydroxyl groups is 1. The Bertz CT molecular complexity index is 897. The van der Waals surface area contributed by atoms with Gasteiger partial charge in [-0.05, 0) is 41.2 Å². The van der Waals surface area contributed by atoms with Crippen molar-refractivity contribution in [2.75, 3.05) is 6.54 Å². The molecule has 1 fully saturated rings. The van der Waals surface area contributed by atoms with Gasteiger partial charge in [-0.3, -0.25) is 4.79 Å². The van der Waals surface area contributed by atoms with Gasteiger partial charge in [0.2, 0.25) is 0 Å². The Morgan fingerprint density at radius 1 is 0.960 bits per heavy atom. The molecule has 0 aromatic heterocycles. The van der Waals surface area contributed by atoms with Crippen LogP contribution in [0.4, 0.5) is 0 Å². The van der Waals surface area contributed by atoms with Crippen LogP contribution in [0.1, 0.15) is 28.8 Å². The largest absolute Gasteiger partial charge is 0.383 e. The van der Waals surface area contributed by atoms with E-state index in [2.05, 4.69) is 5.32 Å². The van der Waals surface area contributed by atoms with Crippen molar-refractivity contribution in [3.63, 3.8) is 0 Å². The molecule has 1 unspecified atom stereocenters. The predicted octanol–water partition coefficient (Wildman–Crippen LogP) is 3.87. The monoisotopic (exact) mass is 331 g/mol. The average Bonchev–Trinajstić information content (AvgIpc) is 3.52. The van der Waals surface area contributed by atoms with E-state index in [0.717, 1.165) is 29.2 Å². The van der Waals surface area contributed by atoms with E-state index >= 15 is 0 Å². The molecule has 0 radical (unpaired) electrons. The summed E-state index contributed by atoms with van der Waals surface area (Å²) in [5.74, 6) is 0.0644. The maximum Gasteiger partial charge on any atom is 0.252 e. The highest BCUT2D eigenvalue weighted by molar-refractivity contribution is 6.07. The quantitative estimate of drug-likeness (QED) is 0.746. The van der Waals surface area contributed by atoms with Crippen LogP contribution in [0.15, 0.2) is 72.8 Å². The van der Waals surface area contributed by atoms with E-state index in [-0.39, 0.29) is 18.4 Å². The summed E-state index contributed by atoms with van der Waals surface area (Å²) >= 11 is 0. The van der Waals surface area contributed by atoms with Gasteiger partial charge in [0.05, 0.1) is 6.54 Å². The molecule has 3 nitrogen and oxygen atoms in total. The fourth-order valence-electron chi connectivity index (χ4n) is 3.50. The Balaban J connectivity index is 1.58. The molecule has 25 heavy (non-hydrogen) atoms. The summed E-state index contributed by atoms with van der Waals surface area (Å²) in [5.41, 5.74) is 0.515. The molecule has 3 aromatic rings. The fourth-order valence-corrected chi connectivity index (χ4v) is 3.50. The third-order valence-electron chi connectivity index (χ3n) is 5.08. The molecule has 1 amide bonds. The zero-order chi connectivity index (χ0) is 17.3. The smallest absolute Gasteiger partial charge is 0.252 e. The van der Waals surface area contributed by atoms with Crippen LogP contribution in [0.25, 0.3) is 10.8 Å². The molecule has 3 aromatic carbocycles. The third-order valence-corrected chi connectivity index (χ3v) is 5.08. The first-order chi connectivity index (χ1) is 12.2. The molecule has 126 valence electrons. The van der Waals surface area contributed by atoms with E-state index in [4.69, 9.17) is 0 Å². The molecule has 0 aliphatic heterocycles. The van der Waals surface area contributed by atoms with E-state index in [1.807, 2.05) is 72.8 Å².